The van der Waals surface area contributed by atoms with Crippen molar-refractivity contribution >= 4 is 34.4 Å². The van der Waals surface area contributed by atoms with Gasteiger partial charge in [-0.05, 0) is 43.3 Å². The number of aromatic amines is 1. The van der Waals surface area contributed by atoms with Crippen molar-refractivity contribution in [2.45, 2.75) is 13.1 Å². The molecule has 4 rings (SSSR count). The van der Waals surface area contributed by atoms with Crippen molar-refractivity contribution in [3.05, 3.63) is 53.6 Å². The van der Waals surface area contributed by atoms with Gasteiger partial charge in [-0.2, -0.15) is 18.2 Å². The zero-order valence-electron chi connectivity index (χ0n) is 14.5. The van der Waals surface area contributed by atoms with Crippen LogP contribution in [-0.4, -0.2) is 32.2 Å². The first-order chi connectivity index (χ1) is 13.3. The number of ether oxygens (including phenoxy) is 1. The molecule has 144 valence electrons. The van der Waals surface area contributed by atoms with Crippen molar-refractivity contribution in [3.8, 4) is 0 Å². The minimum atomic E-state index is -4.43. The topological polar surface area (TPSA) is 84.3 Å². The Hall–Kier alpha value is -3.56. The Labute approximate surface area is 156 Å². The predicted molar refractivity (Wildman–Crippen MR) is 95.5 cm³/mol. The molecule has 2 heterocycles. The van der Waals surface area contributed by atoms with Crippen LogP contribution in [0.2, 0.25) is 0 Å². The average Bonchev–Trinajstić information content (AvgIpc) is 3.18. The third-order valence-electron chi connectivity index (χ3n) is 4.03. The molecular weight excluding hydrogens is 375 g/mol. The Morgan fingerprint density at radius 1 is 1.21 bits per heavy atom. The maximum Gasteiger partial charge on any atom is 0.416 e. The predicted octanol–water partition coefficient (Wildman–Crippen LogP) is 4.15. The highest BCUT2D eigenvalue weighted by Gasteiger charge is 2.30. The molecule has 2 N–H and O–H groups in total. The number of anilines is 2. The van der Waals surface area contributed by atoms with Gasteiger partial charge in [0.1, 0.15) is 0 Å². The van der Waals surface area contributed by atoms with Crippen LogP contribution in [0.3, 0.4) is 0 Å². The summed E-state index contributed by atoms with van der Waals surface area (Å²) in [5.41, 5.74) is 1.05. The van der Waals surface area contributed by atoms with Crippen LogP contribution in [-0.2, 0) is 10.9 Å². The van der Waals surface area contributed by atoms with E-state index in [2.05, 4.69) is 20.4 Å². The largest absolute Gasteiger partial charge is 0.462 e. The minimum Gasteiger partial charge on any atom is -0.462 e. The van der Waals surface area contributed by atoms with Crippen molar-refractivity contribution in [2.24, 2.45) is 0 Å². The van der Waals surface area contributed by atoms with Gasteiger partial charge < -0.3 is 10.1 Å². The molecule has 0 aliphatic rings. The summed E-state index contributed by atoms with van der Waals surface area (Å²) < 4.78 is 45.0. The number of fused-ring (bicyclic) bond motifs is 3. The summed E-state index contributed by atoms with van der Waals surface area (Å²) in [6.07, 6.45) is -4.43. The zero-order chi connectivity index (χ0) is 19.9. The maximum absolute atomic E-state index is 12.8. The summed E-state index contributed by atoms with van der Waals surface area (Å²) in [5.74, 6) is 0.101. The molecule has 0 saturated heterocycles. The summed E-state index contributed by atoms with van der Waals surface area (Å²) in [7, 11) is 0. The average molecular weight is 389 g/mol. The summed E-state index contributed by atoms with van der Waals surface area (Å²) in [6, 6.07) is 9.69. The highest BCUT2D eigenvalue weighted by Crippen LogP contribution is 2.31. The van der Waals surface area contributed by atoms with E-state index in [0.29, 0.717) is 22.4 Å². The highest BCUT2D eigenvalue weighted by molar-refractivity contribution is 5.94. The molecule has 10 heteroatoms. The van der Waals surface area contributed by atoms with Crippen molar-refractivity contribution in [1.29, 1.82) is 0 Å². The summed E-state index contributed by atoms with van der Waals surface area (Å²) in [5, 5.41) is 5.74. The number of halogens is 3. The fourth-order valence-electron chi connectivity index (χ4n) is 2.79. The number of H-pyrrole nitrogens is 1. The van der Waals surface area contributed by atoms with Crippen LogP contribution in [0.4, 0.5) is 24.8 Å². The second kappa shape index (κ2) is 6.55. The number of rotatable bonds is 4. The normalized spacial score (nSPS) is 11.9. The SMILES string of the molecule is CCOC(=O)c1ccc2c(c1)nc1nc(Nc3cccc(C(F)(F)F)c3)[nH]n12. The van der Waals surface area contributed by atoms with E-state index in [1.807, 2.05) is 0 Å². The number of hydrogen-bond donors (Lipinski definition) is 2. The van der Waals surface area contributed by atoms with E-state index < -0.39 is 17.7 Å². The molecule has 0 fully saturated rings. The second-order valence-electron chi connectivity index (χ2n) is 5.95. The lowest BCUT2D eigenvalue weighted by Crippen LogP contribution is -2.05. The van der Waals surface area contributed by atoms with E-state index in [0.717, 1.165) is 12.1 Å². The molecule has 4 aromatic rings. The molecule has 0 aliphatic heterocycles. The molecule has 2 aromatic carbocycles. The molecule has 0 atom stereocenters. The first-order valence-electron chi connectivity index (χ1n) is 8.35. The van der Waals surface area contributed by atoms with E-state index in [1.165, 1.54) is 12.1 Å². The third-order valence-corrected chi connectivity index (χ3v) is 4.03. The number of benzene rings is 2. The van der Waals surface area contributed by atoms with Crippen LogP contribution in [0.1, 0.15) is 22.8 Å². The Bertz CT molecular complexity index is 1180. The number of alkyl halides is 3. The van der Waals surface area contributed by atoms with Crippen LogP contribution in [0, 0.1) is 0 Å². The fraction of sp³-hybridized carbons (Fsp3) is 0.167. The van der Waals surface area contributed by atoms with E-state index in [-0.39, 0.29) is 18.2 Å². The lowest BCUT2D eigenvalue weighted by atomic mass is 10.2. The quantitative estimate of drug-likeness (QED) is 0.512. The van der Waals surface area contributed by atoms with E-state index in [9.17, 15) is 18.0 Å². The Morgan fingerprint density at radius 3 is 2.79 bits per heavy atom. The van der Waals surface area contributed by atoms with Gasteiger partial charge in [0.2, 0.25) is 5.95 Å². The van der Waals surface area contributed by atoms with Crippen LogP contribution < -0.4 is 5.32 Å². The van der Waals surface area contributed by atoms with Gasteiger partial charge in [-0.3, -0.25) is 5.10 Å². The maximum atomic E-state index is 12.8. The van der Waals surface area contributed by atoms with E-state index in [4.69, 9.17) is 4.74 Å². The molecule has 2 aromatic heterocycles. The number of carbonyl (C=O) groups excluding carboxylic acids is 1. The van der Waals surface area contributed by atoms with Crippen LogP contribution >= 0.6 is 0 Å². The molecule has 0 bridgehead atoms. The Kier molecular flexibility index (Phi) is 4.17. The number of nitrogens with zero attached hydrogens (tertiary/aromatic N) is 3. The number of nitrogens with one attached hydrogen (secondary N) is 2. The molecule has 7 nitrogen and oxygen atoms in total. The lowest BCUT2D eigenvalue weighted by molar-refractivity contribution is -0.137. The van der Waals surface area contributed by atoms with Crippen molar-refractivity contribution in [1.82, 2.24) is 19.6 Å². The van der Waals surface area contributed by atoms with Gasteiger partial charge in [-0.1, -0.05) is 6.07 Å². The van der Waals surface area contributed by atoms with Crippen molar-refractivity contribution < 1.29 is 22.7 Å². The van der Waals surface area contributed by atoms with Gasteiger partial charge in [-0.25, -0.2) is 14.3 Å². The second-order valence-corrected chi connectivity index (χ2v) is 5.95. The summed E-state index contributed by atoms with van der Waals surface area (Å²) >= 11 is 0. The van der Waals surface area contributed by atoms with Gasteiger partial charge in [-0.15, -0.1) is 0 Å². The number of imidazole rings is 1. The smallest absolute Gasteiger partial charge is 0.416 e. The molecule has 0 spiro atoms. The minimum absolute atomic E-state index is 0.234. The van der Waals surface area contributed by atoms with Crippen LogP contribution in [0.5, 0.6) is 0 Å². The van der Waals surface area contributed by atoms with Crippen LogP contribution in [0.15, 0.2) is 42.5 Å². The number of aromatic nitrogens is 4. The third kappa shape index (κ3) is 3.24. The number of hydrogen-bond acceptors (Lipinski definition) is 5. The molecule has 0 aliphatic carbocycles. The summed E-state index contributed by atoms with van der Waals surface area (Å²) in [6.45, 7) is 1.99. The lowest BCUT2D eigenvalue weighted by Gasteiger charge is -2.08. The van der Waals surface area contributed by atoms with Gasteiger partial charge in [0, 0.05) is 5.69 Å². The van der Waals surface area contributed by atoms with E-state index >= 15 is 0 Å². The van der Waals surface area contributed by atoms with Crippen molar-refractivity contribution in [3.63, 3.8) is 0 Å². The number of esters is 1. The molecule has 0 saturated carbocycles. The fourth-order valence-corrected chi connectivity index (χ4v) is 2.79. The standard InChI is InChI=1S/C18H14F3N5O2/c1-2-28-15(27)10-6-7-14-13(8-10)23-17-24-16(25-26(14)17)22-12-5-3-4-11(9-12)18(19,20)21/h3-9H,2H2,1H3,(H2,22,23,24,25). The Balaban J connectivity index is 1.64. The molecule has 0 amide bonds. The van der Waals surface area contributed by atoms with Crippen molar-refractivity contribution in [2.75, 3.05) is 11.9 Å². The van der Waals surface area contributed by atoms with Gasteiger partial charge in [0.25, 0.3) is 5.78 Å². The van der Waals surface area contributed by atoms with Gasteiger partial charge >= 0.3 is 12.1 Å². The number of carbonyl (C=O) groups is 1. The first kappa shape index (κ1) is 17.8. The van der Waals surface area contributed by atoms with Gasteiger partial charge in [0.05, 0.1) is 28.8 Å². The monoisotopic (exact) mass is 389 g/mol. The highest BCUT2D eigenvalue weighted by atomic mass is 19.4. The van der Waals surface area contributed by atoms with Gasteiger partial charge in [0.15, 0.2) is 0 Å². The molecular formula is C18H14F3N5O2. The van der Waals surface area contributed by atoms with E-state index in [1.54, 1.807) is 29.6 Å². The van der Waals surface area contributed by atoms with Crippen LogP contribution in [0.25, 0.3) is 16.8 Å². The first-order valence-corrected chi connectivity index (χ1v) is 8.35. The molecule has 0 unspecified atom stereocenters. The Morgan fingerprint density at radius 2 is 2.04 bits per heavy atom. The molecule has 28 heavy (non-hydrogen) atoms. The zero-order valence-corrected chi connectivity index (χ0v) is 14.5. The molecule has 0 radical (unpaired) electrons. The summed E-state index contributed by atoms with van der Waals surface area (Å²) in [4.78, 5) is 20.4.